The van der Waals surface area contributed by atoms with E-state index in [2.05, 4.69) is 84.1 Å². The molecule has 0 aliphatic carbocycles. The quantitative estimate of drug-likeness (QED) is 0.113. The summed E-state index contributed by atoms with van der Waals surface area (Å²) in [5, 5.41) is 18.3. The van der Waals surface area contributed by atoms with E-state index in [9.17, 15) is 19.5 Å². The number of aliphatic hydroxyl groups excluding tert-OH is 1. The maximum absolute atomic E-state index is 13.4. The van der Waals surface area contributed by atoms with Gasteiger partial charge >= 0.3 is 5.97 Å². The van der Waals surface area contributed by atoms with Crippen LogP contribution in [0.1, 0.15) is 68.3 Å². The first-order valence-electron chi connectivity index (χ1n) is 14.5. The maximum atomic E-state index is 13.4. The number of aromatic nitrogens is 2. The van der Waals surface area contributed by atoms with Gasteiger partial charge in [-0.05, 0) is 53.8 Å². The van der Waals surface area contributed by atoms with Crippen molar-refractivity contribution in [2.24, 2.45) is 5.92 Å². The van der Waals surface area contributed by atoms with Gasteiger partial charge in [0, 0.05) is 23.1 Å². The first-order chi connectivity index (χ1) is 21.0. The Hall–Kier alpha value is -2.88. The van der Waals surface area contributed by atoms with Crippen LogP contribution in [-0.2, 0) is 20.1 Å². The van der Waals surface area contributed by atoms with Crippen LogP contribution in [0.15, 0.2) is 27.7 Å². The van der Waals surface area contributed by atoms with Crippen molar-refractivity contribution in [2.45, 2.75) is 77.6 Å². The van der Waals surface area contributed by atoms with Crippen LogP contribution in [0.3, 0.4) is 0 Å². The SMILES string of the molecule is C=CCOC(=O)c1c(Br)c(OC)cc(O[Si](C)(C)C(C)(C)C(C)C)c1CSC[C@H](NC(=O)CNC(=O)[C@@H](C)O)c1nc(C)no1. The number of carbonyl (C=O) groups is 3. The van der Waals surface area contributed by atoms with Gasteiger partial charge in [-0.25, -0.2) is 4.79 Å². The summed E-state index contributed by atoms with van der Waals surface area (Å²) < 4.78 is 23.7. The molecule has 1 aromatic carbocycles. The summed E-state index contributed by atoms with van der Waals surface area (Å²) in [5.41, 5.74) is 0.860. The number of carbonyl (C=O) groups excluding carboxylic acids is 3. The number of amides is 2. The molecule has 2 rings (SSSR count). The Morgan fingerprint density at radius 3 is 2.44 bits per heavy atom. The normalized spacial score (nSPS) is 13.2. The third-order valence-corrected chi connectivity index (χ3v) is 14.2. The van der Waals surface area contributed by atoms with Crippen molar-refractivity contribution in [1.82, 2.24) is 20.8 Å². The predicted molar refractivity (Wildman–Crippen MR) is 179 cm³/mol. The molecular weight excluding hydrogens is 684 g/mol. The zero-order chi connectivity index (χ0) is 34.1. The molecule has 15 heteroatoms. The van der Waals surface area contributed by atoms with E-state index in [1.54, 1.807) is 13.0 Å². The Bertz CT molecular complexity index is 1370. The lowest BCUT2D eigenvalue weighted by Gasteiger charge is -2.43. The highest BCUT2D eigenvalue weighted by Crippen LogP contribution is 2.47. The molecule has 0 unspecified atom stereocenters. The number of aryl methyl sites for hydroxylation is 1. The summed E-state index contributed by atoms with van der Waals surface area (Å²) in [5.74, 6) is 0.606. The fourth-order valence-corrected chi connectivity index (χ4v) is 8.15. The van der Waals surface area contributed by atoms with E-state index >= 15 is 0 Å². The average molecular weight is 730 g/mol. The monoisotopic (exact) mass is 728 g/mol. The van der Waals surface area contributed by atoms with Gasteiger partial charge in [0.05, 0.1) is 23.7 Å². The molecule has 12 nitrogen and oxygen atoms in total. The molecule has 1 heterocycles. The topological polar surface area (TPSA) is 162 Å². The van der Waals surface area contributed by atoms with Gasteiger partial charge in [-0.3, -0.25) is 9.59 Å². The van der Waals surface area contributed by atoms with Crippen molar-refractivity contribution in [2.75, 3.05) is 26.0 Å². The van der Waals surface area contributed by atoms with E-state index in [1.807, 2.05) is 0 Å². The van der Waals surface area contributed by atoms with Crippen LogP contribution in [0.5, 0.6) is 11.5 Å². The van der Waals surface area contributed by atoms with Gasteiger partial charge in [-0.15, -0.1) is 0 Å². The van der Waals surface area contributed by atoms with Crippen LogP contribution in [0.25, 0.3) is 0 Å². The minimum Gasteiger partial charge on any atom is -0.543 e. The van der Waals surface area contributed by atoms with Crippen molar-refractivity contribution < 1.29 is 37.9 Å². The minimum atomic E-state index is -2.45. The number of esters is 1. The molecule has 45 heavy (non-hydrogen) atoms. The maximum Gasteiger partial charge on any atom is 0.340 e. The minimum absolute atomic E-state index is 0.0160. The van der Waals surface area contributed by atoms with Crippen molar-refractivity contribution in [1.29, 1.82) is 0 Å². The molecule has 2 atom stereocenters. The van der Waals surface area contributed by atoms with Crippen LogP contribution in [0, 0.1) is 12.8 Å². The Morgan fingerprint density at radius 2 is 1.91 bits per heavy atom. The van der Waals surface area contributed by atoms with Crippen LogP contribution < -0.4 is 19.8 Å². The average Bonchev–Trinajstić information content (AvgIpc) is 3.40. The van der Waals surface area contributed by atoms with Crippen LogP contribution >= 0.6 is 27.7 Å². The van der Waals surface area contributed by atoms with E-state index < -0.39 is 38.2 Å². The second-order valence-corrected chi connectivity index (χ2v) is 18.2. The van der Waals surface area contributed by atoms with Crippen molar-refractivity contribution >= 4 is 53.8 Å². The van der Waals surface area contributed by atoms with Crippen molar-refractivity contribution in [3.8, 4) is 11.5 Å². The third kappa shape index (κ3) is 10.1. The fourth-order valence-electron chi connectivity index (χ4n) is 4.02. The molecule has 0 bridgehead atoms. The lowest BCUT2D eigenvalue weighted by Crippen LogP contribution is -2.48. The summed E-state index contributed by atoms with van der Waals surface area (Å²) in [7, 11) is -0.938. The molecule has 0 fully saturated rings. The van der Waals surface area contributed by atoms with Gasteiger partial charge in [-0.1, -0.05) is 45.5 Å². The van der Waals surface area contributed by atoms with Crippen molar-refractivity contribution in [3.63, 3.8) is 0 Å². The van der Waals surface area contributed by atoms with Gasteiger partial charge < -0.3 is 34.2 Å². The fraction of sp³-hybridized carbons (Fsp3) is 0.567. The number of hydrogen-bond acceptors (Lipinski definition) is 11. The highest BCUT2D eigenvalue weighted by Gasteiger charge is 2.45. The standard InChI is InChI=1S/C30H45BrN4O8SSi/c1-11-12-41-29(39)25-20(22(13-23(40-8)26(25)31)43-45(9,10)30(6,7)17(2)3)15-44-16-21(28-33-19(5)35-42-28)34-24(37)14-32-27(38)18(4)36/h11,13,17-18,21,36H,1,12,14-16H2,2-10H3,(H,32,38)(H,34,37)/t18-,21+/m1/s1. The molecule has 0 radical (unpaired) electrons. The largest absolute Gasteiger partial charge is 0.543 e. The summed E-state index contributed by atoms with van der Waals surface area (Å²) >= 11 is 4.94. The Labute approximate surface area is 278 Å². The smallest absolute Gasteiger partial charge is 0.340 e. The van der Waals surface area contributed by atoms with Crippen LogP contribution in [0.2, 0.25) is 18.1 Å². The van der Waals surface area contributed by atoms with Gasteiger partial charge in [-0.2, -0.15) is 16.7 Å². The molecule has 0 aliphatic rings. The molecule has 1 aromatic heterocycles. The Balaban J connectivity index is 2.49. The molecular formula is C30H45BrN4O8SSi. The van der Waals surface area contributed by atoms with Crippen LogP contribution in [0.4, 0.5) is 0 Å². The number of methoxy groups -OCH3 is 1. The second kappa shape index (κ2) is 16.6. The zero-order valence-corrected chi connectivity index (χ0v) is 30.8. The number of hydrogen-bond donors (Lipinski definition) is 3. The number of ether oxygens (including phenoxy) is 2. The van der Waals surface area contributed by atoms with Crippen molar-refractivity contribution in [3.05, 3.63) is 46.0 Å². The summed E-state index contributed by atoms with van der Waals surface area (Å²) in [6, 6.07) is 1.06. The van der Waals surface area contributed by atoms with E-state index in [4.69, 9.17) is 18.4 Å². The molecule has 250 valence electrons. The molecule has 2 aromatic rings. The lowest BCUT2D eigenvalue weighted by atomic mass is 9.99. The van der Waals surface area contributed by atoms with Gasteiger partial charge in [0.2, 0.25) is 17.7 Å². The number of halogens is 1. The zero-order valence-electron chi connectivity index (χ0n) is 27.4. The van der Waals surface area contributed by atoms with E-state index in [0.717, 1.165) is 0 Å². The third-order valence-electron chi connectivity index (χ3n) is 7.92. The molecule has 3 N–H and O–H groups in total. The predicted octanol–water partition coefficient (Wildman–Crippen LogP) is 5.10. The lowest BCUT2D eigenvalue weighted by molar-refractivity contribution is -0.131. The molecule has 2 amide bonds. The van der Waals surface area contributed by atoms with E-state index in [-0.39, 0.29) is 41.1 Å². The first kappa shape index (κ1) is 38.3. The van der Waals surface area contributed by atoms with Crippen LogP contribution in [-0.4, -0.2) is 73.5 Å². The number of aliphatic hydroxyl groups is 1. The highest BCUT2D eigenvalue weighted by atomic mass is 79.9. The second-order valence-electron chi connectivity index (χ2n) is 11.8. The van der Waals surface area contributed by atoms with E-state index in [0.29, 0.717) is 33.3 Å². The number of benzene rings is 1. The Morgan fingerprint density at radius 1 is 1.24 bits per heavy atom. The molecule has 0 saturated heterocycles. The Kier molecular flexibility index (Phi) is 14.1. The number of rotatable bonds is 17. The summed E-state index contributed by atoms with van der Waals surface area (Å²) in [6.07, 6.45) is 0.233. The highest BCUT2D eigenvalue weighted by molar-refractivity contribution is 9.10. The molecule has 0 saturated carbocycles. The number of thioether (sulfide) groups is 1. The molecule has 0 spiro atoms. The van der Waals surface area contributed by atoms with E-state index in [1.165, 1.54) is 31.9 Å². The van der Waals surface area contributed by atoms with Gasteiger partial charge in [0.1, 0.15) is 30.3 Å². The first-order valence-corrected chi connectivity index (χ1v) is 19.3. The summed E-state index contributed by atoms with van der Waals surface area (Å²) in [4.78, 5) is 42.1. The molecule has 0 aliphatic heterocycles. The van der Waals surface area contributed by atoms with Gasteiger partial charge in [0.25, 0.3) is 8.32 Å². The number of nitrogens with one attached hydrogen (secondary N) is 2. The number of nitrogens with zero attached hydrogens (tertiary/aromatic N) is 2. The van der Waals surface area contributed by atoms with Gasteiger partial charge in [0.15, 0.2) is 5.82 Å². The summed E-state index contributed by atoms with van der Waals surface area (Å²) in [6.45, 7) is 19.3.